The summed E-state index contributed by atoms with van der Waals surface area (Å²) >= 11 is 1.57. The monoisotopic (exact) mass is 468 g/mol. The maximum absolute atomic E-state index is 13.3. The summed E-state index contributed by atoms with van der Waals surface area (Å²) in [6.45, 7) is 4.51. The lowest BCUT2D eigenvalue weighted by atomic mass is 9.97. The van der Waals surface area contributed by atoms with Crippen molar-refractivity contribution in [2.45, 2.75) is 45.1 Å². The first-order valence-electron chi connectivity index (χ1n) is 11.7. The molecule has 33 heavy (non-hydrogen) atoms. The third-order valence-corrected chi connectivity index (χ3v) is 7.33. The fraction of sp³-hybridized carbons (Fsp3) is 0.480. The molecule has 2 atom stereocenters. The summed E-state index contributed by atoms with van der Waals surface area (Å²) in [6.07, 6.45) is 3.84. The molecule has 0 bridgehead atoms. The number of piperidine rings is 1. The first-order chi connectivity index (χ1) is 16.0. The highest BCUT2D eigenvalue weighted by atomic mass is 32.1. The molecular weight excluding hydrogens is 436 g/mol. The number of hydrogen-bond acceptors (Lipinski definition) is 4. The molecule has 0 radical (unpaired) electrons. The van der Waals surface area contributed by atoms with E-state index in [4.69, 9.17) is 0 Å². The number of benzene rings is 1. The quantitative estimate of drug-likeness (QED) is 0.679. The number of carbonyl (C=O) groups is 3. The number of amides is 4. The van der Waals surface area contributed by atoms with Crippen LogP contribution in [0.5, 0.6) is 0 Å². The SMILES string of the molecule is Cc1ccc(NC(=O)NCC2CCCN(C(=O)C3CCCN3C(=O)Cc3cccs3)C2)cc1. The average molecular weight is 469 g/mol. The number of thiophene rings is 1. The van der Waals surface area contributed by atoms with Gasteiger partial charge in [-0.2, -0.15) is 0 Å². The number of aryl methyl sites for hydroxylation is 1. The second-order valence-corrected chi connectivity index (χ2v) is 10.0. The van der Waals surface area contributed by atoms with Gasteiger partial charge < -0.3 is 20.4 Å². The zero-order valence-corrected chi connectivity index (χ0v) is 19.9. The standard InChI is InChI=1S/C25H32N4O3S/c1-18-8-10-20(11-9-18)27-25(32)26-16-19-5-2-12-28(17-19)24(31)22-7-3-13-29(22)23(30)15-21-6-4-14-33-21/h4,6,8-11,14,19,22H,2-3,5,7,12-13,15-17H2,1H3,(H2,26,27,32). The number of nitrogens with one attached hydrogen (secondary N) is 2. The number of hydrogen-bond donors (Lipinski definition) is 2. The van der Waals surface area contributed by atoms with Crippen LogP contribution in [-0.4, -0.2) is 59.9 Å². The molecule has 2 fully saturated rings. The van der Waals surface area contributed by atoms with Crippen molar-refractivity contribution in [2.24, 2.45) is 5.92 Å². The molecule has 2 aliphatic heterocycles. The zero-order valence-electron chi connectivity index (χ0n) is 19.1. The van der Waals surface area contributed by atoms with E-state index in [2.05, 4.69) is 10.6 Å². The molecule has 8 heteroatoms. The van der Waals surface area contributed by atoms with Crippen LogP contribution in [0, 0.1) is 12.8 Å². The maximum Gasteiger partial charge on any atom is 0.319 e. The zero-order chi connectivity index (χ0) is 23.2. The minimum absolute atomic E-state index is 0.0382. The Morgan fingerprint density at radius 1 is 1.06 bits per heavy atom. The summed E-state index contributed by atoms with van der Waals surface area (Å²) in [4.78, 5) is 43.1. The predicted molar refractivity (Wildman–Crippen MR) is 130 cm³/mol. The fourth-order valence-corrected chi connectivity index (χ4v) is 5.37. The number of likely N-dealkylation sites (tertiary alicyclic amines) is 2. The van der Waals surface area contributed by atoms with E-state index in [1.54, 1.807) is 16.2 Å². The highest BCUT2D eigenvalue weighted by Crippen LogP contribution is 2.24. The van der Waals surface area contributed by atoms with E-state index in [0.717, 1.165) is 41.8 Å². The highest BCUT2D eigenvalue weighted by Gasteiger charge is 2.37. The Morgan fingerprint density at radius 3 is 2.61 bits per heavy atom. The van der Waals surface area contributed by atoms with Gasteiger partial charge in [-0.3, -0.25) is 9.59 Å². The molecule has 1 aromatic heterocycles. The topological polar surface area (TPSA) is 81.8 Å². The number of urea groups is 1. The van der Waals surface area contributed by atoms with E-state index < -0.39 is 0 Å². The Bertz CT molecular complexity index is 961. The van der Waals surface area contributed by atoms with Gasteiger partial charge in [0.05, 0.1) is 6.42 Å². The van der Waals surface area contributed by atoms with E-state index in [1.807, 2.05) is 53.6 Å². The van der Waals surface area contributed by atoms with Crippen molar-refractivity contribution in [3.8, 4) is 0 Å². The first-order valence-corrected chi connectivity index (χ1v) is 12.6. The molecule has 1 aromatic carbocycles. The normalized spacial score (nSPS) is 20.5. The largest absolute Gasteiger partial charge is 0.341 e. The van der Waals surface area contributed by atoms with E-state index >= 15 is 0 Å². The molecule has 2 N–H and O–H groups in total. The van der Waals surface area contributed by atoms with Crippen LogP contribution in [0.2, 0.25) is 0 Å². The van der Waals surface area contributed by atoms with Gasteiger partial charge in [-0.25, -0.2) is 4.79 Å². The van der Waals surface area contributed by atoms with Crippen molar-refractivity contribution in [1.29, 1.82) is 0 Å². The Balaban J connectivity index is 1.27. The van der Waals surface area contributed by atoms with Gasteiger partial charge in [0.15, 0.2) is 0 Å². The molecule has 0 saturated carbocycles. The van der Waals surface area contributed by atoms with Crippen LogP contribution in [0.15, 0.2) is 41.8 Å². The number of rotatable bonds is 6. The van der Waals surface area contributed by atoms with Gasteiger partial charge in [-0.15, -0.1) is 11.3 Å². The van der Waals surface area contributed by atoms with E-state index in [9.17, 15) is 14.4 Å². The lowest BCUT2D eigenvalue weighted by Crippen LogP contribution is -2.52. The molecule has 7 nitrogen and oxygen atoms in total. The molecule has 3 heterocycles. The molecule has 4 amide bonds. The Hall–Kier alpha value is -2.87. The molecule has 176 valence electrons. The summed E-state index contributed by atoms with van der Waals surface area (Å²) in [7, 11) is 0. The van der Waals surface area contributed by atoms with Crippen molar-refractivity contribution in [2.75, 3.05) is 31.5 Å². The summed E-state index contributed by atoms with van der Waals surface area (Å²) in [6, 6.07) is 11.0. The molecule has 4 rings (SSSR count). The van der Waals surface area contributed by atoms with Gasteiger partial charge in [0.25, 0.3) is 0 Å². The summed E-state index contributed by atoms with van der Waals surface area (Å²) in [5.41, 5.74) is 1.90. The van der Waals surface area contributed by atoms with E-state index in [1.165, 1.54) is 0 Å². The molecule has 2 aromatic rings. The molecule has 0 spiro atoms. The second-order valence-electron chi connectivity index (χ2n) is 8.99. The highest BCUT2D eigenvalue weighted by molar-refractivity contribution is 7.10. The van der Waals surface area contributed by atoms with Crippen molar-refractivity contribution in [3.63, 3.8) is 0 Å². The van der Waals surface area contributed by atoms with E-state index in [0.29, 0.717) is 32.6 Å². The van der Waals surface area contributed by atoms with Gasteiger partial charge in [-0.1, -0.05) is 23.8 Å². The third kappa shape index (κ3) is 6.13. The average Bonchev–Trinajstić information content (AvgIpc) is 3.51. The maximum atomic E-state index is 13.3. The minimum atomic E-state index is -0.353. The summed E-state index contributed by atoms with van der Waals surface area (Å²) < 4.78 is 0. The second kappa shape index (κ2) is 10.8. The first kappa shape index (κ1) is 23.3. The lowest BCUT2D eigenvalue weighted by molar-refractivity contribution is -0.144. The van der Waals surface area contributed by atoms with E-state index in [-0.39, 0.29) is 29.8 Å². The Kier molecular flexibility index (Phi) is 7.65. The molecule has 0 aliphatic carbocycles. The van der Waals surface area contributed by atoms with Crippen molar-refractivity contribution < 1.29 is 14.4 Å². The van der Waals surface area contributed by atoms with Crippen molar-refractivity contribution >= 4 is 34.9 Å². The summed E-state index contributed by atoms with van der Waals surface area (Å²) in [5.74, 6) is 0.306. The van der Waals surface area contributed by atoms with Crippen LogP contribution in [0.1, 0.15) is 36.1 Å². The molecule has 2 unspecified atom stereocenters. The number of nitrogens with zero attached hydrogens (tertiary/aromatic N) is 2. The fourth-order valence-electron chi connectivity index (χ4n) is 4.68. The van der Waals surface area contributed by atoms with Gasteiger partial charge in [0.2, 0.25) is 11.8 Å². The molecular formula is C25H32N4O3S. The van der Waals surface area contributed by atoms with Gasteiger partial charge >= 0.3 is 6.03 Å². The van der Waals surface area contributed by atoms with Gasteiger partial charge in [-0.05, 0) is 62.1 Å². The third-order valence-electron chi connectivity index (χ3n) is 6.46. The Morgan fingerprint density at radius 2 is 1.85 bits per heavy atom. The van der Waals surface area contributed by atoms with Crippen molar-refractivity contribution in [1.82, 2.24) is 15.1 Å². The minimum Gasteiger partial charge on any atom is -0.341 e. The van der Waals surface area contributed by atoms with Crippen LogP contribution < -0.4 is 10.6 Å². The smallest absolute Gasteiger partial charge is 0.319 e. The predicted octanol–water partition coefficient (Wildman–Crippen LogP) is 3.65. The van der Waals surface area contributed by atoms with Crippen LogP contribution in [-0.2, 0) is 16.0 Å². The number of carbonyl (C=O) groups excluding carboxylic acids is 3. The molecule has 2 aliphatic rings. The van der Waals surface area contributed by atoms with Gasteiger partial charge in [0, 0.05) is 36.7 Å². The van der Waals surface area contributed by atoms with Crippen LogP contribution in [0.4, 0.5) is 10.5 Å². The number of anilines is 1. The van der Waals surface area contributed by atoms with Crippen LogP contribution in [0.3, 0.4) is 0 Å². The van der Waals surface area contributed by atoms with Gasteiger partial charge in [0.1, 0.15) is 6.04 Å². The van der Waals surface area contributed by atoms with Crippen LogP contribution in [0.25, 0.3) is 0 Å². The Labute approximate surface area is 199 Å². The van der Waals surface area contributed by atoms with Crippen LogP contribution >= 0.6 is 11.3 Å². The summed E-state index contributed by atoms with van der Waals surface area (Å²) in [5, 5.41) is 7.77. The lowest BCUT2D eigenvalue weighted by Gasteiger charge is -2.36. The van der Waals surface area contributed by atoms with Crippen molar-refractivity contribution in [3.05, 3.63) is 52.2 Å². The molecule has 2 saturated heterocycles.